The van der Waals surface area contributed by atoms with Gasteiger partial charge in [0.15, 0.2) is 6.54 Å². The zero-order chi connectivity index (χ0) is 26.5. The van der Waals surface area contributed by atoms with E-state index in [1.54, 1.807) is 23.1 Å². The smallest absolute Gasteiger partial charge is 0.303 e. The Bertz CT molecular complexity index is 1390. The first-order valence-electron chi connectivity index (χ1n) is 12.6. The number of allylic oxidation sites excluding steroid dienone is 2. The summed E-state index contributed by atoms with van der Waals surface area (Å²) in [7, 11) is 0. The van der Waals surface area contributed by atoms with Crippen LogP contribution < -0.4 is 9.47 Å². The van der Waals surface area contributed by atoms with E-state index in [0.29, 0.717) is 25.9 Å². The second-order valence-electron chi connectivity index (χ2n) is 9.34. The lowest BCUT2D eigenvalue weighted by Crippen LogP contribution is -2.35. The maximum Gasteiger partial charge on any atom is 0.303 e. The van der Waals surface area contributed by atoms with Gasteiger partial charge in [0.05, 0.1) is 17.1 Å². The Balaban J connectivity index is 1.70. The molecule has 0 unspecified atom stereocenters. The summed E-state index contributed by atoms with van der Waals surface area (Å²) in [6.45, 7) is 7.59. The van der Waals surface area contributed by atoms with Crippen molar-refractivity contribution >= 4 is 57.0 Å². The van der Waals surface area contributed by atoms with Crippen molar-refractivity contribution in [1.82, 2.24) is 0 Å². The van der Waals surface area contributed by atoms with E-state index in [2.05, 4.69) is 78.8 Å². The third-order valence-electron chi connectivity index (χ3n) is 6.34. The Labute approximate surface area is 225 Å². The van der Waals surface area contributed by atoms with Crippen LogP contribution in [0.15, 0.2) is 58.0 Å². The normalized spacial score (nSPS) is 14.5. The van der Waals surface area contributed by atoms with Gasteiger partial charge in [0.2, 0.25) is 5.52 Å². The summed E-state index contributed by atoms with van der Waals surface area (Å²) in [5, 5.41) is 20.5. The monoisotopic (exact) mass is 537 g/mol. The van der Waals surface area contributed by atoms with Crippen molar-refractivity contribution in [2.24, 2.45) is 0 Å². The van der Waals surface area contributed by atoms with Gasteiger partial charge in [-0.25, -0.2) is 0 Å². The number of carbonyl (C=O) groups is 2. The molecule has 1 aromatic heterocycles. The molecule has 0 amide bonds. The first-order valence-corrected chi connectivity index (χ1v) is 14.2. The third-order valence-corrected chi connectivity index (χ3v) is 8.57. The average Bonchev–Trinajstić information content (AvgIpc) is 3.35. The molecule has 8 heteroatoms. The molecule has 3 aromatic rings. The molecule has 0 spiro atoms. The fraction of sp³-hybridized carbons (Fsp3) is 0.345. The van der Waals surface area contributed by atoms with Crippen molar-refractivity contribution in [2.45, 2.75) is 64.3 Å². The van der Waals surface area contributed by atoms with Crippen molar-refractivity contribution in [2.75, 3.05) is 11.4 Å². The minimum atomic E-state index is -0.775. The van der Waals surface area contributed by atoms with Gasteiger partial charge in [0, 0.05) is 36.4 Å². The second-order valence-corrected chi connectivity index (χ2v) is 11.5. The quantitative estimate of drug-likeness (QED) is 0.262. The van der Waals surface area contributed by atoms with Crippen molar-refractivity contribution < 1.29 is 24.4 Å². The lowest BCUT2D eigenvalue weighted by Gasteiger charge is -2.21. The van der Waals surface area contributed by atoms with Gasteiger partial charge in [0.1, 0.15) is 4.70 Å². The number of fused-ring (bicyclic) bond motifs is 2. The van der Waals surface area contributed by atoms with Crippen LogP contribution in [0.3, 0.4) is 0 Å². The molecule has 1 aliphatic heterocycles. The molecule has 0 fully saturated rings. The minimum Gasteiger partial charge on any atom is -0.481 e. The molecule has 0 radical (unpaired) electrons. The molecule has 1 aliphatic rings. The highest BCUT2D eigenvalue weighted by Crippen LogP contribution is 2.47. The average molecular weight is 538 g/mol. The van der Waals surface area contributed by atoms with E-state index in [0.717, 1.165) is 27.7 Å². The number of thioether (sulfide) groups is 1. The fourth-order valence-corrected chi connectivity index (χ4v) is 6.73. The van der Waals surface area contributed by atoms with Gasteiger partial charge in [-0.05, 0) is 67.7 Å². The predicted octanol–water partition coefficient (Wildman–Crippen LogP) is 6.78. The largest absolute Gasteiger partial charge is 0.481 e. The minimum absolute atomic E-state index is 0.142. The molecular formula is C29H33N2O4S2+. The van der Waals surface area contributed by atoms with Gasteiger partial charge in [-0.15, -0.1) is 0 Å². The van der Waals surface area contributed by atoms with Crippen LogP contribution in [0.5, 0.6) is 0 Å². The van der Waals surface area contributed by atoms with Gasteiger partial charge in [-0.3, -0.25) is 9.59 Å². The number of aliphatic carboxylic acids is 2. The molecule has 0 bridgehead atoms. The Morgan fingerprint density at radius 2 is 1.70 bits per heavy atom. The Hall–Kier alpha value is -3.10. The second kappa shape index (κ2) is 12.0. The van der Waals surface area contributed by atoms with Gasteiger partial charge in [0.25, 0.3) is 5.01 Å². The number of anilines is 1. The third kappa shape index (κ3) is 6.62. The molecule has 2 N–H and O–H groups in total. The zero-order valence-corrected chi connectivity index (χ0v) is 23.1. The van der Waals surface area contributed by atoms with Crippen molar-refractivity contribution in [3.8, 4) is 0 Å². The molecule has 6 nitrogen and oxygen atoms in total. The van der Waals surface area contributed by atoms with Crippen LogP contribution in [0, 0.1) is 13.8 Å². The van der Waals surface area contributed by atoms with E-state index >= 15 is 0 Å². The van der Waals surface area contributed by atoms with E-state index in [9.17, 15) is 9.59 Å². The van der Waals surface area contributed by atoms with E-state index < -0.39 is 11.9 Å². The first kappa shape index (κ1) is 26.9. The van der Waals surface area contributed by atoms with Gasteiger partial charge < -0.3 is 15.1 Å². The molecule has 0 atom stereocenters. The number of aromatic nitrogens is 1. The van der Waals surface area contributed by atoms with Crippen LogP contribution >= 0.6 is 23.1 Å². The number of thiazole rings is 1. The number of rotatable bonds is 11. The Morgan fingerprint density at radius 3 is 2.43 bits per heavy atom. The summed E-state index contributed by atoms with van der Waals surface area (Å²) < 4.78 is 3.43. The molecule has 2 heterocycles. The predicted molar refractivity (Wildman–Crippen MR) is 151 cm³/mol. The zero-order valence-electron chi connectivity index (χ0n) is 21.5. The number of aryl methyl sites for hydroxylation is 3. The summed E-state index contributed by atoms with van der Waals surface area (Å²) in [5.74, 6) is -1.55. The molecule has 194 valence electrons. The lowest BCUT2D eigenvalue weighted by molar-refractivity contribution is -0.669. The van der Waals surface area contributed by atoms with Crippen molar-refractivity contribution in [1.29, 1.82) is 0 Å². The van der Waals surface area contributed by atoms with Gasteiger partial charge >= 0.3 is 11.9 Å². The maximum atomic E-state index is 11.1. The molecule has 0 saturated heterocycles. The van der Waals surface area contributed by atoms with Gasteiger partial charge in [-0.2, -0.15) is 4.57 Å². The first-order chi connectivity index (χ1) is 17.7. The summed E-state index contributed by atoms with van der Waals surface area (Å²) in [6, 6.07) is 12.8. The molecule has 37 heavy (non-hydrogen) atoms. The van der Waals surface area contributed by atoms with Crippen LogP contribution in [0.1, 0.15) is 55.2 Å². The van der Waals surface area contributed by atoms with E-state index in [4.69, 9.17) is 10.2 Å². The summed E-state index contributed by atoms with van der Waals surface area (Å²) >= 11 is 3.45. The number of hydrogen-bond acceptors (Lipinski definition) is 5. The number of benzene rings is 2. The highest BCUT2D eigenvalue weighted by molar-refractivity contribution is 8.03. The summed E-state index contributed by atoms with van der Waals surface area (Å²) in [4.78, 5) is 25.7. The van der Waals surface area contributed by atoms with E-state index in [1.165, 1.54) is 26.3 Å². The fourth-order valence-electron chi connectivity index (χ4n) is 4.44. The van der Waals surface area contributed by atoms with Crippen molar-refractivity contribution in [3.05, 3.63) is 69.2 Å². The Kier molecular flexibility index (Phi) is 8.71. The van der Waals surface area contributed by atoms with Crippen LogP contribution in [0.4, 0.5) is 5.69 Å². The molecule has 0 saturated carbocycles. The van der Waals surface area contributed by atoms with Crippen LogP contribution in [-0.2, 0) is 16.1 Å². The number of nitrogens with zero attached hydrogens (tertiary/aromatic N) is 2. The Morgan fingerprint density at radius 1 is 1.00 bits per heavy atom. The van der Waals surface area contributed by atoms with Crippen LogP contribution in [0.25, 0.3) is 16.3 Å². The molecule has 0 aliphatic carbocycles. The number of carboxylic acids is 2. The highest BCUT2D eigenvalue weighted by Gasteiger charge is 2.26. The lowest BCUT2D eigenvalue weighted by atomic mass is 10.1. The van der Waals surface area contributed by atoms with E-state index in [-0.39, 0.29) is 12.8 Å². The number of hydrogen-bond donors (Lipinski definition) is 2. The summed E-state index contributed by atoms with van der Waals surface area (Å²) in [6.07, 6.45) is 6.71. The highest BCUT2D eigenvalue weighted by atomic mass is 32.2. The van der Waals surface area contributed by atoms with Crippen molar-refractivity contribution in [3.63, 3.8) is 0 Å². The van der Waals surface area contributed by atoms with E-state index in [1.807, 2.05) is 0 Å². The van der Waals surface area contributed by atoms with Crippen LogP contribution in [0.2, 0.25) is 0 Å². The SMILES string of the molecule is CCC(/C=C1\Sc2ccc(C)cc2N1CCCC(=O)O)=C\c1sc2ccc(C)cc2[n+]1CCCC(=O)O. The topological polar surface area (TPSA) is 81.7 Å². The van der Waals surface area contributed by atoms with Gasteiger partial charge in [-0.1, -0.05) is 42.2 Å². The molecule has 2 aromatic carbocycles. The molecule has 4 rings (SSSR count). The standard InChI is InChI=1S/C29H32N2O4S2/c1-4-21(17-26-30(13-5-7-28(32)33)22-15-19(2)9-11-24(22)36-26)18-27-31(14-6-8-29(34)35)23-16-20(3)10-12-25(23)37-27/h9-12,15-18H,4-8,13-14H2,1-3H3,(H-,32,33,34,35)/p+1. The van der Waals surface area contributed by atoms with Crippen LogP contribution in [-0.4, -0.2) is 28.7 Å². The maximum absolute atomic E-state index is 11.1. The number of carboxylic acid groups (broad SMARTS) is 2. The molecular weight excluding hydrogens is 504 g/mol. The summed E-state index contributed by atoms with van der Waals surface area (Å²) in [5.41, 5.74) is 5.80.